The molecule has 2 nitrogen and oxygen atoms in total. The summed E-state index contributed by atoms with van der Waals surface area (Å²) in [6.07, 6.45) is 3.22. The summed E-state index contributed by atoms with van der Waals surface area (Å²) in [6, 6.07) is 27.8. The molecule has 0 unspecified atom stereocenters. The van der Waals surface area contributed by atoms with E-state index in [1.165, 1.54) is 16.7 Å². The molecule has 0 radical (unpaired) electrons. The summed E-state index contributed by atoms with van der Waals surface area (Å²) in [7, 11) is 0. The molecule has 1 aliphatic rings. The van der Waals surface area contributed by atoms with Gasteiger partial charge in [0.1, 0.15) is 0 Å². The van der Waals surface area contributed by atoms with E-state index in [1.807, 2.05) is 6.07 Å². The Hall–Kier alpha value is -2.74. The first-order valence-corrected chi connectivity index (χ1v) is 8.86. The highest BCUT2D eigenvalue weighted by Crippen LogP contribution is 2.36. The average molecular weight is 330 g/mol. The van der Waals surface area contributed by atoms with Crippen molar-refractivity contribution in [1.29, 1.82) is 0 Å². The molecule has 1 heterocycles. The van der Waals surface area contributed by atoms with Crippen LogP contribution in [-0.4, -0.2) is 6.79 Å². The summed E-state index contributed by atoms with van der Waals surface area (Å²) in [6.45, 7) is 0.326. The van der Waals surface area contributed by atoms with Crippen molar-refractivity contribution in [2.24, 2.45) is 0 Å². The van der Waals surface area contributed by atoms with Gasteiger partial charge in [0.05, 0.1) is 0 Å². The van der Waals surface area contributed by atoms with E-state index in [0.29, 0.717) is 12.7 Å². The number of fused-ring (bicyclic) bond motifs is 1. The molecule has 25 heavy (non-hydrogen) atoms. The lowest BCUT2D eigenvalue weighted by Crippen LogP contribution is -2.05. The zero-order valence-electron chi connectivity index (χ0n) is 14.2. The minimum absolute atomic E-state index is 0.326. The zero-order chi connectivity index (χ0) is 16.9. The summed E-state index contributed by atoms with van der Waals surface area (Å²) in [5.74, 6) is 2.18. The fraction of sp³-hybridized carbons (Fsp3) is 0.217. The van der Waals surface area contributed by atoms with Crippen LogP contribution in [0.15, 0.2) is 78.9 Å². The number of ether oxygens (including phenoxy) is 2. The van der Waals surface area contributed by atoms with E-state index in [2.05, 4.69) is 72.8 Å². The molecule has 0 spiro atoms. The zero-order valence-corrected chi connectivity index (χ0v) is 14.2. The van der Waals surface area contributed by atoms with Crippen LogP contribution in [0, 0.1) is 0 Å². The highest BCUT2D eigenvalue weighted by Gasteiger charge is 2.18. The number of hydrogen-bond donors (Lipinski definition) is 0. The summed E-state index contributed by atoms with van der Waals surface area (Å²) in [5.41, 5.74) is 4.09. The molecule has 0 amide bonds. The van der Waals surface area contributed by atoms with Crippen LogP contribution in [0.3, 0.4) is 0 Å². The van der Waals surface area contributed by atoms with Crippen molar-refractivity contribution in [1.82, 2.24) is 0 Å². The van der Waals surface area contributed by atoms with Crippen molar-refractivity contribution in [2.75, 3.05) is 6.79 Å². The van der Waals surface area contributed by atoms with Crippen LogP contribution in [0.5, 0.6) is 11.5 Å². The molecule has 126 valence electrons. The normalized spacial score (nSPS) is 13.6. The number of hydrogen-bond acceptors (Lipinski definition) is 2. The molecule has 0 saturated heterocycles. The molecule has 0 N–H and O–H groups in total. The van der Waals surface area contributed by atoms with Crippen molar-refractivity contribution in [2.45, 2.75) is 25.2 Å². The largest absolute Gasteiger partial charge is 0.454 e. The Morgan fingerprint density at radius 2 is 1.40 bits per heavy atom. The van der Waals surface area contributed by atoms with Gasteiger partial charge in [0.15, 0.2) is 11.5 Å². The quantitative estimate of drug-likeness (QED) is 0.604. The van der Waals surface area contributed by atoms with E-state index in [-0.39, 0.29) is 0 Å². The molecule has 0 aromatic heterocycles. The summed E-state index contributed by atoms with van der Waals surface area (Å²) >= 11 is 0. The SMILES string of the molecule is c1ccc(CC[C@H](Cc2ccccc2)c2ccc3c(c2)OCO3)cc1. The molecular weight excluding hydrogens is 308 g/mol. The molecule has 0 saturated carbocycles. The van der Waals surface area contributed by atoms with Crippen LogP contribution in [0.2, 0.25) is 0 Å². The molecule has 3 aromatic carbocycles. The summed E-state index contributed by atoms with van der Waals surface area (Å²) in [5, 5.41) is 0. The molecule has 0 fully saturated rings. The van der Waals surface area contributed by atoms with Crippen LogP contribution >= 0.6 is 0 Å². The lowest BCUT2D eigenvalue weighted by atomic mass is 9.87. The van der Waals surface area contributed by atoms with Crippen LogP contribution in [0.1, 0.15) is 29.0 Å². The fourth-order valence-corrected chi connectivity index (χ4v) is 3.44. The third-order valence-electron chi connectivity index (χ3n) is 4.82. The van der Waals surface area contributed by atoms with Crippen molar-refractivity contribution in [3.05, 3.63) is 95.6 Å². The first-order valence-electron chi connectivity index (χ1n) is 8.86. The number of benzene rings is 3. The van der Waals surface area contributed by atoms with Gasteiger partial charge in [-0.05, 0) is 54.0 Å². The maximum absolute atomic E-state index is 5.58. The first kappa shape index (κ1) is 15.8. The Morgan fingerprint density at radius 1 is 0.720 bits per heavy atom. The molecule has 0 aliphatic carbocycles. The van der Waals surface area contributed by atoms with E-state index in [4.69, 9.17) is 9.47 Å². The highest BCUT2D eigenvalue weighted by atomic mass is 16.7. The third kappa shape index (κ3) is 3.85. The van der Waals surface area contributed by atoms with Gasteiger partial charge in [-0.15, -0.1) is 0 Å². The van der Waals surface area contributed by atoms with Crippen molar-refractivity contribution in [3.8, 4) is 11.5 Å². The minimum atomic E-state index is 0.326. The van der Waals surface area contributed by atoms with E-state index in [9.17, 15) is 0 Å². The van der Waals surface area contributed by atoms with E-state index >= 15 is 0 Å². The van der Waals surface area contributed by atoms with E-state index in [1.54, 1.807) is 0 Å². The molecule has 2 heteroatoms. The van der Waals surface area contributed by atoms with Crippen molar-refractivity contribution in [3.63, 3.8) is 0 Å². The van der Waals surface area contributed by atoms with Gasteiger partial charge in [0, 0.05) is 0 Å². The van der Waals surface area contributed by atoms with Gasteiger partial charge in [0.25, 0.3) is 0 Å². The minimum Gasteiger partial charge on any atom is -0.454 e. The molecule has 0 bridgehead atoms. The van der Waals surface area contributed by atoms with Gasteiger partial charge in [-0.3, -0.25) is 0 Å². The predicted molar refractivity (Wildman–Crippen MR) is 100 cm³/mol. The second-order valence-corrected chi connectivity index (χ2v) is 6.52. The van der Waals surface area contributed by atoms with Crippen LogP contribution in [0.4, 0.5) is 0 Å². The molecule has 1 atom stereocenters. The maximum atomic E-state index is 5.58. The standard InChI is InChI=1S/C23H22O2/c1-3-7-18(8-4-1)11-12-20(15-19-9-5-2-6-10-19)21-13-14-22-23(16-21)25-17-24-22/h1-10,13-14,16,20H,11-12,15,17H2/t20-/m1/s1. The van der Waals surface area contributed by atoms with Gasteiger partial charge in [-0.25, -0.2) is 0 Å². The van der Waals surface area contributed by atoms with Crippen molar-refractivity contribution < 1.29 is 9.47 Å². The summed E-state index contributed by atoms with van der Waals surface area (Å²) in [4.78, 5) is 0. The fourth-order valence-electron chi connectivity index (χ4n) is 3.44. The topological polar surface area (TPSA) is 18.5 Å². The molecular formula is C23H22O2. The van der Waals surface area contributed by atoms with E-state index in [0.717, 1.165) is 30.8 Å². The predicted octanol–water partition coefficient (Wildman–Crippen LogP) is 5.37. The summed E-state index contributed by atoms with van der Waals surface area (Å²) < 4.78 is 11.0. The van der Waals surface area contributed by atoms with Gasteiger partial charge in [-0.1, -0.05) is 66.7 Å². The van der Waals surface area contributed by atoms with Gasteiger partial charge in [-0.2, -0.15) is 0 Å². The number of rotatable bonds is 6. The van der Waals surface area contributed by atoms with Crippen LogP contribution in [0.25, 0.3) is 0 Å². The molecule has 3 aromatic rings. The van der Waals surface area contributed by atoms with Crippen molar-refractivity contribution >= 4 is 0 Å². The molecule has 4 rings (SSSR count). The van der Waals surface area contributed by atoms with Gasteiger partial charge >= 0.3 is 0 Å². The van der Waals surface area contributed by atoms with Crippen LogP contribution < -0.4 is 9.47 Å². The van der Waals surface area contributed by atoms with Gasteiger partial charge < -0.3 is 9.47 Å². The average Bonchev–Trinajstić information content (AvgIpc) is 3.14. The Bertz CT molecular complexity index is 812. The Kier molecular flexibility index (Phi) is 4.69. The molecule has 1 aliphatic heterocycles. The lowest BCUT2D eigenvalue weighted by molar-refractivity contribution is 0.174. The third-order valence-corrected chi connectivity index (χ3v) is 4.82. The smallest absolute Gasteiger partial charge is 0.231 e. The maximum Gasteiger partial charge on any atom is 0.231 e. The second kappa shape index (κ2) is 7.43. The Morgan fingerprint density at radius 3 is 2.16 bits per heavy atom. The highest BCUT2D eigenvalue weighted by molar-refractivity contribution is 5.45. The Labute approximate surface area is 149 Å². The van der Waals surface area contributed by atoms with Crippen LogP contribution in [-0.2, 0) is 12.8 Å². The lowest BCUT2D eigenvalue weighted by Gasteiger charge is -2.18. The first-order chi connectivity index (χ1) is 12.4. The monoisotopic (exact) mass is 330 g/mol. The second-order valence-electron chi connectivity index (χ2n) is 6.52. The van der Waals surface area contributed by atoms with E-state index < -0.39 is 0 Å². The Balaban J connectivity index is 1.56. The number of aryl methyl sites for hydroxylation is 1. The van der Waals surface area contributed by atoms with Gasteiger partial charge in [0.2, 0.25) is 6.79 Å².